The molecular weight excluding hydrogens is 424 g/mol. The molecule has 2 aromatic rings. The Morgan fingerprint density at radius 3 is 2.59 bits per heavy atom. The molecule has 2 spiro atoms. The maximum atomic E-state index is 9.52. The summed E-state index contributed by atoms with van der Waals surface area (Å²) in [6, 6.07) is 14.7. The second kappa shape index (κ2) is 7.81. The number of hydrogen-bond donors (Lipinski definition) is 1. The molecule has 0 unspecified atom stereocenters. The average molecular weight is 455 g/mol. The molecule has 0 saturated heterocycles. The number of hydrogen-bond acceptors (Lipinski definition) is 6. The summed E-state index contributed by atoms with van der Waals surface area (Å²) in [6.07, 6.45) is 4.19. The largest absolute Gasteiger partial charge is 0.497 e. The van der Waals surface area contributed by atoms with Crippen molar-refractivity contribution in [2.24, 2.45) is 22.1 Å². The Kier molecular flexibility index (Phi) is 5.25. The third kappa shape index (κ3) is 3.10. The van der Waals surface area contributed by atoms with Crippen LogP contribution in [0, 0.1) is 22.7 Å². The lowest BCUT2D eigenvalue weighted by Gasteiger charge is -2.53. The predicted molar refractivity (Wildman–Crippen MR) is 137 cm³/mol. The number of benzene rings is 2. The Morgan fingerprint density at radius 2 is 1.97 bits per heavy atom. The van der Waals surface area contributed by atoms with Gasteiger partial charge in [0.2, 0.25) is 0 Å². The Bertz CT molecular complexity index is 1220. The molecule has 3 aliphatic rings. The van der Waals surface area contributed by atoms with E-state index in [1.165, 1.54) is 11.1 Å². The number of amidine groups is 1. The molecule has 4 atom stereocenters. The van der Waals surface area contributed by atoms with Crippen LogP contribution in [0.1, 0.15) is 42.9 Å². The van der Waals surface area contributed by atoms with Crippen LogP contribution in [0.25, 0.3) is 11.1 Å². The van der Waals surface area contributed by atoms with Gasteiger partial charge in [-0.25, -0.2) is 4.99 Å². The third-order valence-electron chi connectivity index (χ3n) is 8.47. The molecule has 1 fully saturated rings. The highest BCUT2D eigenvalue weighted by molar-refractivity contribution is 6.41. The standard InChI is InChI=1S/C26H31B2N3O3/c1-15-12-24(7-6-22(15)33-3)13-18-5-4-17(19-8-16(14-29)9-20(10-19)32-2)11-21(18)25(24)26(27,28)34-23(30)31-25/h4-5,8-11,15,22H,6-7,12-13,27-28H2,1-3H3,(H2,30,31)/t15-,22-,24-,25-/m0/s1. The maximum absolute atomic E-state index is 9.52. The molecule has 6 nitrogen and oxygen atoms in total. The van der Waals surface area contributed by atoms with Crippen molar-refractivity contribution in [3.8, 4) is 22.9 Å². The van der Waals surface area contributed by atoms with E-state index in [2.05, 4.69) is 46.9 Å². The number of nitriles is 1. The van der Waals surface area contributed by atoms with Crippen LogP contribution in [0.2, 0.25) is 0 Å². The van der Waals surface area contributed by atoms with Crippen molar-refractivity contribution in [2.75, 3.05) is 14.2 Å². The van der Waals surface area contributed by atoms with Gasteiger partial charge < -0.3 is 19.9 Å². The van der Waals surface area contributed by atoms with Crippen LogP contribution in [-0.2, 0) is 21.4 Å². The van der Waals surface area contributed by atoms with Crippen LogP contribution in [0.3, 0.4) is 0 Å². The summed E-state index contributed by atoms with van der Waals surface area (Å²) in [7, 11) is 7.67. The van der Waals surface area contributed by atoms with E-state index in [1.807, 2.05) is 19.2 Å². The molecule has 0 aromatic heterocycles. The van der Waals surface area contributed by atoms with Crippen molar-refractivity contribution in [3.05, 3.63) is 53.1 Å². The minimum atomic E-state index is -0.590. The van der Waals surface area contributed by atoms with Crippen LogP contribution in [0.5, 0.6) is 5.75 Å². The number of methoxy groups -OCH3 is 2. The molecule has 2 N–H and O–H groups in total. The molecule has 34 heavy (non-hydrogen) atoms. The number of aliphatic imine (C=N–C) groups is 1. The maximum Gasteiger partial charge on any atom is 0.282 e. The van der Waals surface area contributed by atoms with E-state index < -0.39 is 10.9 Å². The molecule has 2 aromatic carbocycles. The lowest BCUT2D eigenvalue weighted by atomic mass is 9.44. The van der Waals surface area contributed by atoms with E-state index in [0.29, 0.717) is 17.2 Å². The topological polar surface area (TPSA) is 89.9 Å². The van der Waals surface area contributed by atoms with Gasteiger partial charge in [-0.2, -0.15) is 5.26 Å². The van der Waals surface area contributed by atoms with Gasteiger partial charge in [0.15, 0.2) is 15.7 Å². The summed E-state index contributed by atoms with van der Waals surface area (Å²) in [5.41, 5.74) is 10.6. The zero-order valence-electron chi connectivity index (χ0n) is 20.6. The van der Waals surface area contributed by atoms with Gasteiger partial charge in [-0.1, -0.05) is 19.1 Å². The summed E-state index contributed by atoms with van der Waals surface area (Å²) >= 11 is 0. The predicted octanol–water partition coefficient (Wildman–Crippen LogP) is 2.07. The van der Waals surface area contributed by atoms with Crippen LogP contribution >= 0.6 is 0 Å². The minimum Gasteiger partial charge on any atom is -0.497 e. The highest BCUT2D eigenvalue weighted by Crippen LogP contribution is 2.65. The van der Waals surface area contributed by atoms with Gasteiger partial charge in [0.05, 0.1) is 30.2 Å². The van der Waals surface area contributed by atoms with Crippen LogP contribution < -0.4 is 10.5 Å². The van der Waals surface area contributed by atoms with E-state index >= 15 is 0 Å². The number of nitrogens with two attached hydrogens (primary N) is 1. The second-order valence-corrected chi connectivity index (χ2v) is 10.7. The number of fused-ring (bicyclic) bond motifs is 3. The highest BCUT2D eigenvalue weighted by atomic mass is 16.5. The van der Waals surface area contributed by atoms with E-state index in [1.54, 1.807) is 13.2 Å². The van der Waals surface area contributed by atoms with Gasteiger partial charge in [-0.15, -0.1) is 0 Å². The van der Waals surface area contributed by atoms with Crippen molar-refractivity contribution in [1.29, 1.82) is 5.26 Å². The summed E-state index contributed by atoms with van der Waals surface area (Å²) in [6.45, 7) is 2.28. The lowest BCUT2D eigenvalue weighted by molar-refractivity contribution is -0.0559. The van der Waals surface area contributed by atoms with Gasteiger partial charge in [0.25, 0.3) is 6.02 Å². The molecular formula is C26H31B2N3O3. The normalized spacial score (nSPS) is 31.1. The molecule has 0 bridgehead atoms. The fourth-order valence-electron chi connectivity index (χ4n) is 7.17. The first-order valence-corrected chi connectivity index (χ1v) is 12.0. The van der Waals surface area contributed by atoms with E-state index in [0.717, 1.165) is 36.8 Å². The molecule has 1 aliphatic heterocycles. The zero-order chi connectivity index (χ0) is 24.3. The lowest BCUT2D eigenvalue weighted by Crippen LogP contribution is -2.60. The van der Waals surface area contributed by atoms with Gasteiger partial charge >= 0.3 is 0 Å². The number of nitrogens with zero attached hydrogens (tertiary/aromatic N) is 2. The van der Waals surface area contributed by atoms with Crippen LogP contribution in [0.4, 0.5) is 0 Å². The summed E-state index contributed by atoms with van der Waals surface area (Å²) < 4.78 is 17.5. The number of ether oxygens (including phenoxy) is 3. The minimum absolute atomic E-state index is 0.0980. The fourth-order valence-corrected chi connectivity index (χ4v) is 7.17. The molecule has 174 valence electrons. The summed E-state index contributed by atoms with van der Waals surface area (Å²) in [5, 5.41) is 8.93. The smallest absolute Gasteiger partial charge is 0.282 e. The van der Waals surface area contributed by atoms with Crippen molar-refractivity contribution in [2.45, 2.75) is 49.6 Å². The monoisotopic (exact) mass is 455 g/mol. The van der Waals surface area contributed by atoms with Gasteiger partial charge in [0.1, 0.15) is 11.3 Å². The van der Waals surface area contributed by atoms with E-state index in [4.69, 9.17) is 24.9 Å². The van der Waals surface area contributed by atoms with Crippen LogP contribution in [-0.4, -0.2) is 47.4 Å². The SMILES string of the molecule is BC1(B)OC(N)=N[C@]12c1cc(-c3cc(C#N)cc(OC)c3)ccc1C[C@@]21CC[C@H](OC)[C@@H](C)C1. The Morgan fingerprint density at radius 1 is 1.18 bits per heavy atom. The summed E-state index contributed by atoms with van der Waals surface area (Å²) in [5.74, 6) is 1.08. The highest BCUT2D eigenvalue weighted by Gasteiger charge is 2.68. The number of rotatable bonds is 3. The van der Waals surface area contributed by atoms with Gasteiger partial charge in [-0.3, -0.25) is 0 Å². The van der Waals surface area contributed by atoms with E-state index in [9.17, 15) is 5.26 Å². The van der Waals surface area contributed by atoms with Gasteiger partial charge in [-0.05, 0) is 78.1 Å². The molecule has 5 rings (SSSR count). The second-order valence-electron chi connectivity index (χ2n) is 10.7. The Hall–Kier alpha value is -2.91. The van der Waals surface area contributed by atoms with Crippen molar-refractivity contribution in [1.82, 2.24) is 0 Å². The van der Waals surface area contributed by atoms with Crippen molar-refractivity contribution >= 4 is 21.7 Å². The molecule has 0 amide bonds. The Labute approximate surface area is 203 Å². The van der Waals surface area contributed by atoms with Crippen molar-refractivity contribution < 1.29 is 14.2 Å². The molecule has 1 saturated carbocycles. The van der Waals surface area contributed by atoms with Crippen LogP contribution in [0.15, 0.2) is 41.4 Å². The molecule has 2 aliphatic carbocycles. The first kappa shape index (κ1) is 22.9. The molecule has 1 heterocycles. The molecule has 0 radical (unpaired) electrons. The quantitative estimate of drug-likeness (QED) is 0.717. The first-order chi connectivity index (χ1) is 16.2. The zero-order valence-corrected chi connectivity index (χ0v) is 20.6. The average Bonchev–Trinajstić information content (AvgIpc) is 3.22. The Balaban J connectivity index is 1.69. The van der Waals surface area contributed by atoms with Gasteiger partial charge in [0, 0.05) is 12.5 Å². The molecule has 8 heteroatoms. The fraction of sp³-hybridized carbons (Fsp3) is 0.462. The van der Waals surface area contributed by atoms with E-state index in [-0.39, 0.29) is 17.5 Å². The van der Waals surface area contributed by atoms with Crippen molar-refractivity contribution in [3.63, 3.8) is 0 Å². The first-order valence-electron chi connectivity index (χ1n) is 12.0. The summed E-state index contributed by atoms with van der Waals surface area (Å²) in [4.78, 5) is 5.13. The third-order valence-corrected chi connectivity index (χ3v) is 8.47.